The minimum absolute atomic E-state index is 0.172. The zero-order valence-electron chi connectivity index (χ0n) is 28.8. The zero-order valence-corrected chi connectivity index (χ0v) is 29.7. The van der Waals surface area contributed by atoms with Gasteiger partial charge in [-0.1, -0.05) is 0 Å². The molecule has 1 N–H and O–H groups in total. The van der Waals surface area contributed by atoms with Gasteiger partial charge in [0.25, 0.3) is 17.1 Å². The summed E-state index contributed by atoms with van der Waals surface area (Å²) in [5.74, 6) is -2.95. The van der Waals surface area contributed by atoms with Gasteiger partial charge in [-0.2, -0.15) is 12.6 Å². The Hall–Kier alpha value is -6.35. The minimum atomic E-state index is -2.00. The third-order valence-corrected chi connectivity index (χ3v) is 9.58. The van der Waals surface area contributed by atoms with E-state index in [-0.39, 0.29) is 50.0 Å². The molecular formula is C34H34N6O14S. The SMILES string of the molecule is O=C(OCc1ccc([N+](=O)[O-])cc1)OCC1[C@@H](C(=O)N2CCNCC2)N(C(=O)OCc2ccc([N+](=O)[O-])cc2)C[C@]1(S)C(=O)OCc1ccc([N+](=O)[O-])cc1. The largest absolute Gasteiger partial charge is 0.508 e. The standard InChI is InChI=1S/C34H34N6O14S/c41-30(36-15-13-35-14-16-36)29-28(20-54-33(44)53-19-24-5-11-27(12-6-24)40(49)50)34(55,31(42)51-17-22-1-7-25(8-2-22)38(45)46)21-37(29)32(43)52-18-23-3-9-26(10-4-23)39(47)48/h1-12,28-29,35,55H,13-21H2/t28?,29-,34+/m0/s1. The van der Waals surface area contributed by atoms with Gasteiger partial charge in [-0.3, -0.25) is 44.8 Å². The number of ether oxygens (including phenoxy) is 4. The van der Waals surface area contributed by atoms with Crippen LogP contribution in [-0.4, -0.2) is 98.8 Å². The molecule has 55 heavy (non-hydrogen) atoms. The van der Waals surface area contributed by atoms with E-state index in [4.69, 9.17) is 31.6 Å². The Labute approximate surface area is 317 Å². The normalized spacial score (nSPS) is 19.2. The minimum Gasteiger partial charge on any atom is -0.460 e. The van der Waals surface area contributed by atoms with E-state index >= 15 is 0 Å². The Bertz CT molecular complexity index is 1930. The Morgan fingerprint density at radius 2 is 1.13 bits per heavy atom. The van der Waals surface area contributed by atoms with Crippen LogP contribution in [0.3, 0.4) is 0 Å². The van der Waals surface area contributed by atoms with Gasteiger partial charge in [-0.15, -0.1) is 0 Å². The number of hydrogen-bond acceptors (Lipinski definition) is 16. The molecule has 5 rings (SSSR count). The second-order valence-corrected chi connectivity index (χ2v) is 13.2. The van der Waals surface area contributed by atoms with Gasteiger partial charge >= 0.3 is 18.2 Å². The quantitative estimate of drug-likeness (QED) is 0.0827. The number of carbonyl (C=O) groups excluding carboxylic acids is 4. The Balaban J connectivity index is 1.39. The third kappa shape index (κ3) is 9.80. The van der Waals surface area contributed by atoms with Crippen LogP contribution in [0.1, 0.15) is 16.7 Å². The first-order valence-corrected chi connectivity index (χ1v) is 17.0. The van der Waals surface area contributed by atoms with E-state index in [0.717, 1.165) is 4.90 Å². The Morgan fingerprint density at radius 1 is 0.691 bits per heavy atom. The average molecular weight is 783 g/mol. The van der Waals surface area contributed by atoms with Crippen molar-refractivity contribution in [3.05, 3.63) is 120 Å². The molecule has 2 saturated heterocycles. The van der Waals surface area contributed by atoms with Gasteiger partial charge in [-0.05, 0) is 53.1 Å². The van der Waals surface area contributed by atoms with E-state index in [2.05, 4.69) is 5.32 Å². The summed E-state index contributed by atoms with van der Waals surface area (Å²) in [6.07, 6.45) is -2.27. The first-order valence-electron chi connectivity index (χ1n) is 16.6. The number of non-ortho nitro benzene ring substituents is 3. The lowest BCUT2D eigenvalue weighted by Crippen LogP contribution is -2.56. The van der Waals surface area contributed by atoms with Gasteiger partial charge in [0.05, 0.1) is 21.3 Å². The highest BCUT2D eigenvalue weighted by Crippen LogP contribution is 2.41. The van der Waals surface area contributed by atoms with Crippen molar-refractivity contribution in [3.63, 3.8) is 0 Å². The fourth-order valence-electron chi connectivity index (χ4n) is 5.94. The maximum atomic E-state index is 14.2. The molecule has 3 aromatic carbocycles. The highest BCUT2D eigenvalue weighted by molar-refractivity contribution is 7.82. The molecule has 2 amide bonds. The molecule has 0 radical (unpaired) electrons. The van der Waals surface area contributed by atoms with E-state index in [1.165, 1.54) is 77.7 Å². The number of nitrogens with zero attached hydrogens (tertiary/aromatic N) is 5. The molecule has 1 unspecified atom stereocenters. The van der Waals surface area contributed by atoms with Crippen molar-refractivity contribution in [2.75, 3.05) is 39.3 Å². The number of esters is 1. The van der Waals surface area contributed by atoms with E-state index in [0.29, 0.717) is 29.8 Å². The molecule has 2 heterocycles. The molecular weight excluding hydrogens is 748 g/mol. The van der Waals surface area contributed by atoms with Crippen molar-refractivity contribution < 1.29 is 52.9 Å². The maximum absolute atomic E-state index is 14.2. The van der Waals surface area contributed by atoms with Gasteiger partial charge < -0.3 is 29.2 Å². The van der Waals surface area contributed by atoms with Gasteiger partial charge in [0.2, 0.25) is 5.91 Å². The molecule has 2 aliphatic rings. The van der Waals surface area contributed by atoms with Crippen LogP contribution < -0.4 is 5.32 Å². The van der Waals surface area contributed by atoms with Crippen molar-refractivity contribution >= 4 is 53.8 Å². The highest BCUT2D eigenvalue weighted by atomic mass is 32.1. The first-order chi connectivity index (χ1) is 26.3. The summed E-state index contributed by atoms with van der Waals surface area (Å²) in [4.78, 5) is 88.6. The molecule has 290 valence electrons. The van der Waals surface area contributed by atoms with Crippen LogP contribution in [0.15, 0.2) is 72.8 Å². The number of nitro groups is 3. The van der Waals surface area contributed by atoms with E-state index in [1.54, 1.807) is 0 Å². The Kier molecular flexibility index (Phi) is 12.8. The number of nitro benzene ring substituents is 3. The van der Waals surface area contributed by atoms with Crippen molar-refractivity contribution in [2.24, 2.45) is 5.92 Å². The average Bonchev–Trinajstić information content (AvgIpc) is 3.50. The predicted octanol–water partition coefficient (Wildman–Crippen LogP) is 3.55. The Morgan fingerprint density at radius 3 is 1.58 bits per heavy atom. The summed E-state index contributed by atoms with van der Waals surface area (Å²) in [6.45, 7) is -0.939. The fourth-order valence-corrected chi connectivity index (χ4v) is 6.37. The topological polar surface area (TPSA) is 253 Å². The number of thiol groups is 1. The van der Waals surface area contributed by atoms with Gasteiger partial charge in [0, 0.05) is 68.5 Å². The van der Waals surface area contributed by atoms with Crippen LogP contribution in [0.5, 0.6) is 0 Å². The molecule has 0 spiro atoms. The van der Waals surface area contributed by atoms with Crippen LogP contribution in [0, 0.1) is 36.3 Å². The number of hydrogen-bond donors (Lipinski definition) is 2. The second kappa shape index (κ2) is 17.6. The fraction of sp³-hybridized carbons (Fsp3) is 0.353. The van der Waals surface area contributed by atoms with Crippen LogP contribution in [-0.2, 0) is 48.4 Å². The van der Waals surface area contributed by atoms with E-state index in [9.17, 15) is 49.5 Å². The number of likely N-dealkylation sites (tertiary alicyclic amines) is 1. The second-order valence-electron chi connectivity index (χ2n) is 12.4. The molecule has 0 saturated carbocycles. The summed E-state index contributed by atoms with van der Waals surface area (Å²) in [5.41, 5.74) is 0.622. The molecule has 0 aliphatic carbocycles. The first kappa shape index (κ1) is 39.8. The molecule has 3 atom stereocenters. The molecule has 21 heteroatoms. The van der Waals surface area contributed by atoms with E-state index < -0.39 is 68.8 Å². The lowest BCUT2D eigenvalue weighted by atomic mass is 9.89. The van der Waals surface area contributed by atoms with Gasteiger partial charge in [-0.25, -0.2) is 9.59 Å². The van der Waals surface area contributed by atoms with Crippen LogP contribution in [0.4, 0.5) is 26.7 Å². The number of nitrogens with one attached hydrogen (secondary N) is 1. The van der Waals surface area contributed by atoms with E-state index in [1.807, 2.05) is 0 Å². The smallest absolute Gasteiger partial charge is 0.460 e. The zero-order chi connectivity index (χ0) is 39.7. The van der Waals surface area contributed by atoms with Crippen molar-refractivity contribution in [1.29, 1.82) is 0 Å². The van der Waals surface area contributed by atoms with Crippen LogP contribution in [0.2, 0.25) is 0 Å². The lowest BCUT2D eigenvalue weighted by molar-refractivity contribution is -0.385. The van der Waals surface area contributed by atoms with Gasteiger partial charge in [0.1, 0.15) is 37.2 Å². The molecule has 2 aliphatic heterocycles. The molecule has 2 fully saturated rings. The van der Waals surface area contributed by atoms with Crippen molar-refractivity contribution in [3.8, 4) is 0 Å². The molecule has 3 aromatic rings. The maximum Gasteiger partial charge on any atom is 0.508 e. The lowest BCUT2D eigenvalue weighted by Gasteiger charge is -2.35. The summed E-state index contributed by atoms with van der Waals surface area (Å²) >= 11 is 4.69. The molecule has 20 nitrogen and oxygen atoms in total. The molecule has 0 aromatic heterocycles. The highest BCUT2D eigenvalue weighted by Gasteiger charge is 2.61. The summed E-state index contributed by atoms with van der Waals surface area (Å²) in [6, 6.07) is 14.2. The molecule has 0 bridgehead atoms. The number of benzene rings is 3. The van der Waals surface area contributed by atoms with Crippen LogP contribution >= 0.6 is 12.6 Å². The predicted molar refractivity (Wildman–Crippen MR) is 191 cm³/mol. The van der Waals surface area contributed by atoms with Crippen molar-refractivity contribution in [2.45, 2.75) is 30.6 Å². The number of carbonyl (C=O) groups is 4. The number of amides is 2. The number of rotatable bonds is 13. The summed E-state index contributed by atoms with van der Waals surface area (Å²) in [7, 11) is 0. The summed E-state index contributed by atoms with van der Waals surface area (Å²) in [5, 5.41) is 36.2. The third-order valence-electron chi connectivity index (χ3n) is 8.92. The van der Waals surface area contributed by atoms with Gasteiger partial charge in [0.15, 0.2) is 0 Å². The summed E-state index contributed by atoms with van der Waals surface area (Å²) < 4.78 is 19.7. The van der Waals surface area contributed by atoms with Crippen molar-refractivity contribution in [1.82, 2.24) is 15.1 Å². The monoisotopic (exact) mass is 782 g/mol. The number of piperazine rings is 1. The van der Waals surface area contributed by atoms with Crippen LogP contribution in [0.25, 0.3) is 0 Å².